The molecule has 1 N–H and O–H groups in total. The van der Waals surface area contributed by atoms with E-state index >= 15 is 0 Å². The van der Waals surface area contributed by atoms with Gasteiger partial charge in [-0.2, -0.15) is 0 Å². The van der Waals surface area contributed by atoms with E-state index in [-0.39, 0.29) is 0 Å². The van der Waals surface area contributed by atoms with Crippen molar-refractivity contribution in [3.05, 3.63) is 22.4 Å². The Labute approximate surface area is 134 Å². The molecular formula is C18H32N2S. The molecule has 21 heavy (non-hydrogen) atoms. The Bertz CT molecular complexity index is 397. The third-order valence-corrected chi connectivity index (χ3v) is 5.41. The van der Waals surface area contributed by atoms with Gasteiger partial charge in [-0.05, 0) is 48.6 Å². The summed E-state index contributed by atoms with van der Waals surface area (Å²) in [6.45, 7) is 14.0. The molecule has 1 atom stereocenters. The van der Waals surface area contributed by atoms with Crippen LogP contribution in [0.25, 0.3) is 0 Å². The van der Waals surface area contributed by atoms with E-state index in [1.165, 1.54) is 30.7 Å². The lowest BCUT2D eigenvalue weighted by Gasteiger charge is -2.35. The van der Waals surface area contributed by atoms with Crippen LogP contribution in [0.15, 0.2) is 17.5 Å². The van der Waals surface area contributed by atoms with Crippen molar-refractivity contribution >= 4 is 11.3 Å². The monoisotopic (exact) mass is 308 g/mol. The summed E-state index contributed by atoms with van der Waals surface area (Å²) in [5.74, 6) is 0.733. The van der Waals surface area contributed by atoms with Gasteiger partial charge < -0.3 is 5.32 Å². The second-order valence-electron chi connectivity index (χ2n) is 7.40. The minimum absolute atomic E-state index is 0.384. The molecule has 1 heterocycles. The number of nitrogens with zero attached hydrogens (tertiary/aromatic N) is 1. The van der Waals surface area contributed by atoms with Gasteiger partial charge in [-0.15, -0.1) is 11.3 Å². The summed E-state index contributed by atoms with van der Waals surface area (Å²) in [5, 5.41) is 5.87. The smallest absolute Gasteiger partial charge is 0.0331 e. The first-order valence-corrected chi connectivity index (χ1v) is 9.37. The fourth-order valence-corrected chi connectivity index (χ4v) is 3.53. The molecule has 2 rings (SSSR count). The van der Waals surface area contributed by atoms with Crippen LogP contribution in [-0.4, -0.2) is 30.6 Å². The van der Waals surface area contributed by atoms with Crippen LogP contribution in [0.4, 0.5) is 0 Å². The molecule has 1 aromatic heterocycles. The van der Waals surface area contributed by atoms with Crippen molar-refractivity contribution < 1.29 is 0 Å². The summed E-state index contributed by atoms with van der Waals surface area (Å²) >= 11 is 1.89. The van der Waals surface area contributed by atoms with E-state index in [2.05, 4.69) is 55.4 Å². The zero-order valence-corrected chi connectivity index (χ0v) is 15.0. The second kappa shape index (κ2) is 7.75. The lowest BCUT2D eigenvalue weighted by atomic mass is 9.86. The van der Waals surface area contributed by atoms with E-state index in [4.69, 9.17) is 0 Å². The molecule has 0 radical (unpaired) electrons. The van der Waals surface area contributed by atoms with Crippen molar-refractivity contribution in [1.82, 2.24) is 10.2 Å². The molecule has 0 bridgehead atoms. The zero-order valence-electron chi connectivity index (χ0n) is 14.2. The third kappa shape index (κ3) is 5.72. The Morgan fingerprint density at radius 1 is 1.43 bits per heavy atom. The maximum atomic E-state index is 3.68. The number of rotatable bonds is 10. The van der Waals surface area contributed by atoms with Gasteiger partial charge in [0.05, 0.1) is 0 Å². The van der Waals surface area contributed by atoms with E-state index < -0.39 is 0 Å². The lowest BCUT2D eigenvalue weighted by molar-refractivity contribution is 0.142. The van der Waals surface area contributed by atoms with Gasteiger partial charge in [0.15, 0.2) is 0 Å². The average molecular weight is 309 g/mol. The molecule has 1 aliphatic carbocycles. The normalized spacial score (nSPS) is 18.4. The highest BCUT2D eigenvalue weighted by atomic mass is 32.1. The van der Waals surface area contributed by atoms with E-state index in [0.29, 0.717) is 5.41 Å². The highest BCUT2D eigenvalue weighted by molar-refractivity contribution is 7.09. The van der Waals surface area contributed by atoms with E-state index in [1.807, 2.05) is 11.3 Å². The first-order chi connectivity index (χ1) is 10.0. The molecule has 120 valence electrons. The minimum Gasteiger partial charge on any atom is -0.316 e. The van der Waals surface area contributed by atoms with Crippen molar-refractivity contribution in [3.63, 3.8) is 0 Å². The molecule has 3 heteroatoms. The first-order valence-electron chi connectivity index (χ1n) is 8.49. The average Bonchev–Trinajstić information content (AvgIpc) is 3.16. The van der Waals surface area contributed by atoms with E-state index in [9.17, 15) is 0 Å². The molecule has 1 saturated carbocycles. The third-order valence-electron chi connectivity index (χ3n) is 4.55. The second-order valence-corrected chi connectivity index (χ2v) is 8.44. The number of nitrogens with one attached hydrogen (secondary N) is 1. The van der Waals surface area contributed by atoms with Gasteiger partial charge in [-0.25, -0.2) is 0 Å². The summed E-state index contributed by atoms with van der Waals surface area (Å²) in [6.07, 6.45) is 4.03. The van der Waals surface area contributed by atoms with Crippen LogP contribution in [0.2, 0.25) is 0 Å². The molecule has 0 spiro atoms. The van der Waals surface area contributed by atoms with Crippen LogP contribution in [0.3, 0.4) is 0 Å². The molecule has 0 aliphatic heterocycles. The predicted molar refractivity (Wildman–Crippen MR) is 93.9 cm³/mol. The maximum Gasteiger partial charge on any atom is 0.0331 e. The van der Waals surface area contributed by atoms with Gasteiger partial charge in [-0.1, -0.05) is 33.8 Å². The maximum absolute atomic E-state index is 3.68. The quantitative estimate of drug-likeness (QED) is 0.690. The van der Waals surface area contributed by atoms with Crippen LogP contribution >= 0.6 is 11.3 Å². The fourth-order valence-electron chi connectivity index (χ4n) is 2.80. The van der Waals surface area contributed by atoms with Crippen LogP contribution in [0, 0.1) is 11.3 Å². The Morgan fingerprint density at radius 3 is 2.71 bits per heavy atom. The van der Waals surface area contributed by atoms with Crippen LogP contribution in [0.5, 0.6) is 0 Å². The van der Waals surface area contributed by atoms with Gasteiger partial charge in [-0.3, -0.25) is 4.90 Å². The largest absolute Gasteiger partial charge is 0.316 e. The SMILES string of the molecule is CCC(C)(CNCC(C)C)CN(Cc1cccs1)C1CC1. The van der Waals surface area contributed by atoms with E-state index in [0.717, 1.165) is 31.6 Å². The Balaban J connectivity index is 1.89. The van der Waals surface area contributed by atoms with Crippen molar-refractivity contribution in [2.75, 3.05) is 19.6 Å². The number of thiophene rings is 1. The summed E-state index contributed by atoms with van der Waals surface area (Å²) in [5.41, 5.74) is 0.384. The molecule has 1 aliphatic rings. The van der Waals surface area contributed by atoms with Crippen molar-refractivity contribution in [2.24, 2.45) is 11.3 Å². The number of hydrogen-bond acceptors (Lipinski definition) is 3. The van der Waals surface area contributed by atoms with Gasteiger partial charge >= 0.3 is 0 Å². The van der Waals surface area contributed by atoms with Gasteiger partial charge in [0.2, 0.25) is 0 Å². The molecule has 1 aromatic rings. The summed E-state index contributed by atoms with van der Waals surface area (Å²) in [6, 6.07) is 5.29. The molecule has 0 amide bonds. The van der Waals surface area contributed by atoms with Crippen LogP contribution in [-0.2, 0) is 6.54 Å². The first kappa shape index (κ1) is 17.0. The van der Waals surface area contributed by atoms with Crippen molar-refractivity contribution in [2.45, 2.75) is 59.5 Å². The molecule has 0 saturated heterocycles. The number of hydrogen-bond donors (Lipinski definition) is 1. The Hall–Kier alpha value is -0.380. The highest BCUT2D eigenvalue weighted by Crippen LogP contribution is 2.33. The summed E-state index contributed by atoms with van der Waals surface area (Å²) in [7, 11) is 0. The molecule has 2 nitrogen and oxygen atoms in total. The fraction of sp³-hybridized carbons (Fsp3) is 0.778. The van der Waals surface area contributed by atoms with Crippen molar-refractivity contribution in [1.29, 1.82) is 0 Å². The van der Waals surface area contributed by atoms with Gasteiger partial charge in [0, 0.05) is 30.6 Å². The predicted octanol–water partition coefficient (Wildman–Crippen LogP) is 4.37. The molecule has 0 aromatic carbocycles. The van der Waals surface area contributed by atoms with Gasteiger partial charge in [0.25, 0.3) is 0 Å². The molecule has 1 unspecified atom stereocenters. The van der Waals surface area contributed by atoms with Crippen molar-refractivity contribution in [3.8, 4) is 0 Å². The van der Waals surface area contributed by atoms with Crippen LogP contribution < -0.4 is 5.32 Å². The van der Waals surface area contributed by atoms with Gasteiger partial charge in [0.1, 0.15) is 0 Å². The topological polar surface area (TPSA) is 15.3 Å². The van der Waals surface area contributed by atoms with E-state index in [1.54, 1.807) is 0 Å². The molecular weight excluding hydrogens is 276 g/mol. The lowest BCUT2D eigenvalue weighted by Crippen LogP contribution is -2.43. The Morgan fingerprint density at radius 2 is 2.19 bits per heavy atom. The summed E-state index contributed by atoms with van der Waals surface area (Å²) in [4.78, 5) is 4.24. The minimum atomic E-state index is 0.384. The molecule has 1 fully saturated rings. The standard InChI is InChI=1S/C18H32N2S/c1-5-18(4,13-19-11-15(2)3)14-20(16-8-9-16)12-17-7-6-10-21-17/h6-7,10,15-16,19H,5,8-9,11-14H2,1-4H3. The highest BCUT2D eigenvalue weighted by Gasteiger charge is 2.34. The Kier molecular flexibility index (Phi) is 6.27. The summed E-state index contributed by atoms with van der Waals surface area (Å²) < 4.78 is 0. The van der Waals surface area contributed by atoms with Crippen LogP contribution in [0.1, 0.15) is 51.8 Å². The zero-order chi connectivity index (χ0) is 15.3.